The topological polar surface area (TPSA) is 31.0 Å². The summed E-state index contributed by atoms with van der Waals surface area (Å²) in [6, 6.07) is 0. The number of halogens is 3. The number of rotatable bonds is 6. The Hall–Kier alpha value is 0.470. The highest BCUT2D eigenvalue weighted by atomic mass is 127. The summed E-state index contributed by atoms with van der Waals surface area (Å²) >= 11 is 1.75. The van der Waals surface area contributed by atoms with Crippen molar-refractivity contribution >= 4 is 23.0 Å². The quantitative estimate of drug-likeness (QED) is 0.429. The molecule has 0 aromatic carbocycles. The maximum absolute atomic E-state index is 12.1. The predicted molar refractivity (Wildman–Crippen MR) is 49.6 cm³/mol. The lowest BCUT2D eigenvalue weighted by Gasteiger charge is -2.10. The lowest BCUT2D eigenvalue weighted by atomic mass is 10.2. The lowest BCUT2D eigenvalue weighted by Crippen LogP contribution is -2.16. The molecule has 0 bridgehead atoms. The molecule has 3 nitrogen and oxygen atoms in total. The molecule has 0 aromatic heterocycles. The van der Waals surface area contributed by atoms with Gasteiger partial charge in [-0.3, -0.25) is 3.07 Å². The van der Waals surface area contributed by atoms with E-state index in [2.05, 4.69) is 4.74 Å². The fourth-order valence-corrected chi connectivity index (χ4v) is 1.39. The van der Waals surface area contributed by atoms with Crippen LogP contribution in [-0.4, -0.2) is 25.1 Å². The van der Waals surface area contributed by atoms with Crippen LogP contribution < -0.4 is 0 Å². The molecule has 1 rings (SSSR count). The predicted octanol–water partition coefficient (Wildman–Crippen LogP) is 2.49. The van der Waals surface area contributed by atoms with Gasteiger partial charge in [0.25, 0.3) is 0 Å². The molecule has 0 saturated carbocycles. The summed E-state index contributed by atoms with van der Waals surface area (Å²) in [5.74, 6) is 0. The molecule has 6 heteroatoms. The highest BCUT2D eigenvalue weighted by Gasteiger charge is 2.39. The minimum Gasteiger partial charge on any atom is -0.341 e. The molecule has 0 amide bonds. The van der Waals surface area contributed by atoms with Crippen molar-refractivity contribution < 1.29 is 21.3 Å². The van der Waals surface area contributed by atoms with E-state index >= 15 is 0 Å². The first-order chi connectivity index (χ1) is 6.03. The second kappa shape index (κ2) is 4.81. The molecule has 0 spiro atoms. The van der Waals surface area contributed by atoms with Gasteiger partial charge in [-0.05, 0) is 12.8 Å². The summed E-state index contributed by atoms with van der Waals surface area (Å²) in [7, 11) is 0. The lowest BCUT2D eigenvalue weighted by molar-refractivity contribution is -0.224. The van der Waals surface area contributed by atoms with E-state index in [0.717, 1.165) is 6.92 Å². The molecule has 0 aliphatic carbocycles. The molecule has 2 unspecified atom stereocenters. The average Bonchev–Trinajstić information content (AvgIpc) is 2.75. The molecule has 1 aliphatic heterocycles. The molecular weight excluding hydrogens is 297 g/mol. The number of hydrogen-bond acceptors (Lipinski definition) is 3. The first-order valence-corrected chi connectivity index (χ1v) is 4.85. The van der Waals surface area contributed by atoms with Crippen molar-refractivity contribution in [3.8, 4) is 0 Å². The van der Waals surface area contributed by atoms with E-state index in [0.29, 0.717) is 12.8 Å². The SMILES string of the molecule is CC(F)(F)OCCCC1OC1OI. The van der Waals surface area contributed by atoms with E-state index in [1.807, 2.05) is 0 Å². The van der Waals surface area contributed by atoms with E-state index in [9.17, 15) is 8.78 Å². The zero-order valence-corrected chi connectivity index (χ0v) is 9.29. The first kappa shape index (κ1) is 11.5. The molecule has 0 N–H and O–H groups in total. The Morgan fingerprint density at radius 3 is 2.69 bits per heavy atom. The van der Waals surface area contributed by atoms with Gasteiger partial charge in [-0.15, -0.1) is 0 Å². The molecule has 0 radical (unpaired) electrons. The second-order valence-electron chi connectivity index (χ2n) is 2.93. The first-order valence-electron chi connectivity index (χ1n) is 3.97. The normalized spacial score (nSPS) is 27.7. The summed E-state index contributed by atoms with van der Waals surface area (Å²) in [5, 5.41) is 0. The van der Waals surface area contributed by atoms with Gasteiger partial charge in [-0.2, -0.15) is 8.78 Å². The molecule has 1 aliphatic rings. The number of alkyl halides is 2. The summed E-state index contributed by atoms with van der Waals surface area (Å²) in [6.07, 6.45) is -1.86. The van der Waals surface area contributed by atoms with Crippen LogP contribution in [0.3, 0.4) is 0 Å². The Balaban J connectivity index is 1.91. The van der Waals surface area contributed by atoms with Crippen molar-refractivity contribution in [3.63, 3.8) is 0 Å². The van der Waals surface area contributed by atoms with Gasteiger partial charge in [0.2, 0.25) is 0 Å². The Morgan fingerprint density at radius 2 is 2.23 bits per heavy atom. The van der Waals surface area contributed by atoms with E-state index in [-0.39, 0.29) is 19.0 Å². The van der Waals surface area contributed by atoms with Crippen LogP contribution >= 0.6 is 23.0 Å². The van der Waals surface area contributed by atoms with Crippen molar-refractivity contribution in [2.45, 2.75) is 38.3 Å². The van der Waals surface area contributed by atoms with Gasteiger partial charge in [0.15, 0.2) is 6.29 Å². The maximum atomic E-state index is 12.1. The summed E-state index contributed by atoms with van der Waals surface area (Å²) < 4.78 is 38.4. The van der Waals surface area contributed by atoms with Crippen LogP contribution in [-0.2, 0) is 12.5 Å². The molecule has 1 heterocycles. The molecule has 78 valence electrons. The third-order valence-corrected chi connectivity index (χ3v) is 2.11. The molecule has 0 aromatic rings. The summed E-state index contributed by atoms with van der Waals surface area (Å²) in [5.41, 5.74) is 0. The third kappa shape index (κ3) is 5.04. The minimum atomic E-state index is -3.02. The fourth-order valence-electron chi connectivity index (χ4n) is 0.945. The highest BCUT2D eigenvalue weighted by Crippen LogP contribution is 2.29. The van der Waals surface area contributed by atoms with Gasteiger partial charge in [0, 0.05) is 6.92 Å². The van der Waals surface area contributed by atoms with Gasteiger partial charge in [-0.1, -0.05) is 0 Å². The molecule has 1 saturated heterocycles. The van der Waals surface area contributed by atoms with Crippen LogP contribution in [0.1, 0.15) is 19.8 Å². The van der Waals surface area contributed by atoms with Gasteiger partial charge in [0.05, 0.1) is 6.61 Å². The van der Waals surface area contributed by atoms with E-state index < -0.39 is 6.11 Å². The van der Waals surface area contributed by atoms with Crippen LogP contribution in [0.25, 0.3) is 0 Å². The van der Waals surface area contributed by atoms with Crippen molar-refractivity contribution in [3.05, 3.63) is 0 Å². The van der Waals surface area contributed by atoms with Crippen molar-refractivity contribution in [2.75, 3.05) is 6.61 Å². The van der Waals surface area contributed by atoms with Gasteiger partial charge in [0.1, 0.15) is 29.1 Å². The van der Waals surface area contributed by atoms with Gasteiger partial charge < -0.3 is 9.47 Å². The highest BCUT2D eigenvalue weighted by molar-refractivity contribution is 14.1. The average molecular weight is 308 g/mol. The van der Waals surface area contributed by atoms with Crippen molar-refractivity contribution in [1.82, 2.24) is 0 Å². The summed E-state index contributed by atoms with van der Waals surface area (Å²) in [4.78, 5) is 0. The Bertz CT molecular complexity index is 162. The Morgan fingerprint density at radius 1 is 1.54 bits per heavy atom. The van der Waals surface area contributed by atoms with E-state index in [1.165, 1.54) is 0 Å². The van der Waals surface area contributed by atoms with Crippen molar-refractivity contribution in [2.24, 2.45) is 0 Å². The largest absolute Gasteiger partial charge is 0.352 e. The summed E-state index contributed by atoms with van der Waals surface area (Å²) in [6.45, 7) is 0.786. The van der Waals surface area contributed by atoms with Crippen LogP contribution in [0.5, 0.6) is 0 Å². The Labute approximate surface area is 89.4 Å². The second-order valence-corrected chi connectivity index (χ2v) is 3.44. The zero-order valence-electron chi connectivity index (χ0n) is 7.13. The van der Waals surface area contributed by atoms with Crippen LogP contribution in [0.15, 0.2) is 0 Å². The molecule has 1 fully saturated rings. The number of epoxide rings is 1. The number of ether oxygens (including phenoxy) is 2. The monoisotopic (exact) mass is 308 g/mol. The standard InChI is InChI=1S/C7H11F2IO3/c1-7(8,9)11-4-2-3-5-6(12-5)13-10/h5-6H,2-4H2,1H3. The zero-order chi connectivity index (χ0) is 9.90. The Kier molecular flexibility index (Phi) is 4.27. The minimum absolute atomic E-state index is 0.0529. The smallest absolute Gasteiger partial charge is 0.341 e. The van der Waals surface area contributed by atoms with Gasteiger partial charge >= 0.3 is 6.11 Å². The van der Waals surface area contributed by atoms with Crippen LogP contribution in [0.4, 0.5) is 8.78 Å². The third-order valence-electron chi connectivity index (χ3n) is 1.61. The van der Waals surface area contributed by atoms with E-state index in [1.54, 1.807) is 23.0 Å². The molecule has 2 atom stereocenters. The van der Waals surface area contributed by atoms with Crippen molar-refractivity contribution in [1.29, 1.82) is 0 Å². The van der Waals surface area contributed by atoms with E-state index in [4.69, 9.17) is 7.80 Å². The van der Waals surface area contributed by atoms with Crippen LogP contribution in [0.2, 0.25) is 0 Å². The number of hydrogen-bond donors (Lipinski definition) is 0. The fraction of sp³-hybridized carbons (Fsp3) is 1.00. The van der Waals surface area contributed by atoms with Gasteiger partial charge in [-0.25, -0.2) is 0 Å². The molecule has 13 heavy (non-hydrogen) atoms. The molecular formula is C7H11F2IO3. The maximum Gasteiger partial charge on any atom is 0.352 e. The van der Waals surface area contributed by atoms with Crippen LogP contribution in [0, 0.1) is 0 Å².